The second-order valence-electron chi connectivity index (χ2n) is 7.84. The molecule has 2 heterocycles. The number of carbonyl (C=O) groups is 2. The highest BCUT2D eigenvalue weighted by molar-refractivity contribution is 6.07. The van der Waals surface area contributed by atoms with Crippen molar-refractivity contribution in [2.24, 2.45) is 0 Å². The van der Waals surface area contributed by atoms with Crippen LogP contribution in [0.3, 0.4) is 0 Å². The molecule has 5 heteroatoms. The summed E-state index contributed by atoms with van der Waals surface area (Å²) in [6, 6.07) is 16.4. The van der Waals surface area contributed by atoms with Crippen molar-refractivity contribution < 1.29 is 14.3 Å². The Labute approximate surface area is 171 Å². The predicted molar refractivity (Wildman–Crippen MR) is 114 cm³/mol. The number of anilines is 1. The Morgan fingerprint density at radius 2 is 1.79 bits per heavy atom. The van der Waals surface area contributed by atoms with Crippen molar-refractivity contribution in [3.63, 3.8) is 0 Å². The molecule has 0 unspecified atom stereocenters. The number of carbonyl (C=O) groups excluding carboxylic acids is 2. The zero-order valence-electron chi connectivity index (χ0n) is 16.9. The van der Waals surface area contributed by atoms with Gasteiger partial charge in [-0.05, 0) is 54.8 Å². The predicted octanol–water partition coefficient (Wildman–Crippen LogP) is 3.38. The molecular formula is C24H26N2O3. The van der Waals surface area contributed by atoms with E-state index in [1.807, 2.05) is 42.3 Å². The molecule has 0 aliphatic carbocycles. The topological polar surface area (TPSA) is 49.9 Å². The molecule has 0 radical (unpaired) electrons. The first-order valence-corrected chi connectivity index (χ1v) is 9.98. The largest absolute Gasteiger partial charge is 0.466 e. The van der Waals surface area contributed by atoms with Gasteiger partial charge in [-0.2, -0.15) is 0 Å². The molecule has 5 nitrogen and oxygen atoms in total. The molecule has 0 N–H and O–H groups in total. The lowest BCUT2D eigenvalue weighted by Gasteiger charge is -2.38. The first-order valence-electron chi connectivity index (χ1n) is 9.98. The van der Waals surface area contributed by atoms with Crippen LogP contribution in [0, 0.1) is 0 Å². The van der Waals surface area contributed by atoms with E-state index in [1.54, 1.807) is 6.08 Å². The summed E-state index contributed by atoms with van der Waals surface area (Å²) < 4.78 is 4.61. The number of amides is 1. The average molecular weight is 390 g/mol. The van der Waals surface area contributed by atoms with Gasteiger partial charge in [0.05, 0.1) is 12.5 Å². The highest BCUT2D eigenvalue weighted by atomic mass is 16.5. The van der Waals surface area contributed by atoms with Gasteiger partial charge < -0.3 is 9.64 Å². The van der Waals surface area contributed by atoms with Gasteiger partial charge in [0.2, 0.25) is 5.91 Å². The van der Waals surface area contributed by atoms with Crippen LogP contribution in [0.25, 0.3) is 6.08 Å². The van der Waals surface area contributed by atoms with Gasteiger partial charge in [-0.25, -0.2) is 4.79 Å². The zero-order chi connectivity index (χ0) is 20.4. The Balaban J connectivity index is 1.40. The number of nitrogens with zero attached hydrogens (tertiary/aromatic N) is 2. The third-order valence-corrected chi connectivity index (χ3v) is 6.20. The standard InChI is InChI=1S/C24H26N2O3/c1-25-21-6-4-3-5-20(21)24(23(25)28)13-15-26(16-14-24)17-19-9-7-18(8-10-19)11-12-22(27)29-2/h3-12H,13-17H2,1-2H3. The van der Waals surface area contributed by atoms with Crippen LogP contribution < -0.4 is 4.90 Å². The molecule has 0 bridgehead atoms. The monoisotopic (exact) mass is 390 g/mol. The molecule has 4 rings (SSSR count). The minimum Gasteiger partial charge on any atom is -0.466 e. The average Bonchev–Trinajstić information content (AvgIpc) is 2.97. The number of esters is 1. The van der Waals surface area contributed by atoms with Crippen LogP contribution >= 0.6 is 0 Å². The third-order valence-electron chi connectivity index (χ3n) is 6.20. The quantitative estimate of drug-likeness (QED) is 0.593. The van der Waals surface area contributed by atoms with E-state index in [2.05, 4.69) is 27.8 Å². The van der Waals surface area contributed by atoms with Crippen LogP contribution in [0.4, 0.5) is 5.69 Å². The summed E-state index contributed by atoms with van der Waals surface area (Å²) in [5, 5.41) is 0. The maximum absolute atomic E-state index is 13.0. The highest BCUT2D eigenvalue weighted by Crippen LogP contribution is 2.47. The Morgan fingerprint density at radius 3 is 2.48 bits per heavy atom. The molecule has 1 spiro atoms. The summed E-state index contributed by atoms with van der Waals surface area (Å²) in [6.45, 7) is 2.67. The van der Waals surface area contributed by atoms with Crippen LogP contribution in [0.5, 0.6) is 0 Å². The Hall–Kier alpha value is -2.92. The van der Waals surface area contributed by atoms with Crippen molar-refractivity contribution in [2.45, 2.75) is 24.8 Å². The van der Waals surface area contributed by atoms with Crippen LogP contribution in [0.1, 0.15) is 29.5 Å². The van der Waals surface area contributed by atoms with E-state index in [1.165, 1.54) is 24.3 Å². The number of fused-ring (bicyclic) bond motifs is 2. The van der Waals surface area contributed by atoms with Gasteiger partial charge in [-0.15, -0.1) is 0 Å². The second-order valence-corrected chi connectivity index (χ2v) is 7.84. The van der Waals surface area contributed by atoms with Gasteiger partial charge >= 0.3 is 5.97 Å². The fourth-order valence-electron chi connectivity index (χ4n) is 4.52. The van der Waals surface area contributed by atoms with Crippen molar-refractivity contribution in [1.82, 2.24) is 4.90 Å². The van der Waals surface area contributed by atoms with Gasteiger partial charge in [-0.1, -0.05) is 42.5 Å². The van der Waals surface area contributed by atoms with Crippen molar-refractivity contribution in [3.05, 3.63) is 71.3 Å². The van der Waals surface area contributed by atoms with Gasteiger partial charge in [0.15, 0.2) is 0 Å². The van der Waals surface area contributed by atoms with E-state index in [0.29, 0.717) is 0 Å². The molecule has 0 aromatic heterocycles. The molecule has 2 aromatic rings. The molecule has 1 amide bonds. The molecule has 29 heavy (non-hydrogen) atoms. The summed E-state index contributed by atoms with van der Waals surface area (Å²) in [7, 11) is 3.26. The lowest BCUT2D eigenvalue weighted by atomic mass is 9.73. The van der Waals surface area contributed by atoms with E-state index in [-0.39, 0.29) is 17.3 Å². The Kier molecular flexibility index (Phi) is 5.24. The van der Waals surface area contributed by atoms with E-state index in [4.69, 9.17) is 0 Å². The number of para-hydroxylation sites is 1. The molecule has 2 aliphatic rings. The number of hydrogen-bond acceptors (Lipinski definition) is 4. The van der Waals surface area contributed by atoms with Gasteiger partial charge in [-0.3, -0.25) is 9.69 Å². The number of likely N-dealkylation sites (N-methyl/N-ethyl adjacent to an activating group) is 1. The molecule has 1 saturated heterocycles. The highest BCUT2D eigenvalue weighted by Gasteiger charge is 2.50. The molecule has 150 valence electrons. The van der Waals surface area contributed by atoms with Crippen molar-refractivity contribution in [3.8, 4) is 0 Å². The molecular weight excluding hydrogens is 364 g/mol. The van der Waals surface area contributed by atoms with Crippen molar-refractivity contribution >= 4 is 23.6 Å². The number of ether oxygens (including phenoxy) is 1. The molecule has 0 saturated carbocycles. The number of rotatable bonds is 4. The fraction of sp³-hybridized carbons (Fsp3) is 0.333. The lowest BCUT2D eigenvalue weighted by molar-refractivity contribution is -0.134. The summed E-state index contributed by atoms with van der Waals surface area (Å²) >= 11 is 0. The number of benzene rings is 2. The summed E-state index contributed by atoms with van der Waals surface area (Å²) in [5.41, 5.74) is 4.08. The van der Waals surface area contributed by atoms with E-state index in [0.717, 1.165) is 43.7 Å². The number of piperidine rings is 1. The Bertz CT molecular complexity index is 941. The maximum atomic E-state index is 13.0. The zero-order valence-corrected chi connectivity index (χ0v) is 16.9. The van der Waals surface area contributed by atoms with Gasteiger partial charge in [0, 0.05) is 25.4 Å². The summed E-state index contributed by atoms with van der Waals surface area (Å²) in [5.74, 6) is -0.120. The van der Waals surface area contributed by atoms with E-state index in [9.17, 15) is 9.59 Å². The van der Waals surface area contributed by atoms with Crippen LogP contribution in [0.15, 0.2) is 54.6 Å². The molecule has 0 atom stereocenters. The van der Waals surface area contributed by atoms with Crippen LogP contribution in [0.2, 0.25) is 0 Å². The van der Waals surface area contributed by atoms with Crippen molar-refractivity contribution in [1.29, 1.82) is 0 Å². The van der Waals surface area contributed by atoms with Gasteiger partial charge in [0.1, 0.15) is 0 Å². The SMILES string of the molecule is COC(=O)C=Cc1ccc(CN2CCC3(CC2)C(=O)N(C)c2ccccc23)cc1. The van der Waals surface area contributed by atoms with Crippen LogP contribution in [-0.2, 0) is 26.3 Å². The second kappa shape index (κ2) is 7.84. The van der Waals surface area contributed by atoms with E-state index >= 15 is 0 Å². The summed E-state index contributed by atoms with van der Waals surface area (Å²) in [6.07, 6.45) is 4.88. The first kappa shape index (κ1) is 19.4. The normalized spacial score (nSPS) is 18.4. The van der Waals surface area contributed by atoms with Gasteiger partial charge in [0.25, 0.3) is 0 Å². The third kappa shape index (κ3) is 3.58. The smallest absolute Gasteiger partial charge is 0.330 e. The first-order chi connectivity index (χ1) is 14.0. The maximum Gasteiger partial charge on any atom is 0.330 e. The van der Waals surface area contributed by atoms with Crippen LogP contribution in [-0.4, -0.2) is 44.0 Å². The van der Waals surface area contributed by atoms with Crippen molar-refractivity contribution in [2.75, 3.05) is 32.1 Å². The molecule has 2 aromatic carbocycles. The number of likely N-dealkylation sites (tertiary alicyclic amines) is 1. The number of methoxy groups -OCH3 is 1. The minimum absolute atomic E-state index is 0.236. The lowest BCUT2D eigenvalue weighted by Crippen LogP contribution is -2.47. The fourth-order valence-corrected chi connectivity index (χ4v) is 4.52. The minimum atomic E-state index is -0.357. The Morgan fingerprint density at radius 1 is 1.10 bits per heavy atom. The van der Waals surface area contributed by atoms with E-state index < -0.39 is 0 Å². The summed E-state index contributed by atoms with van der Waals surface area (Å²) in [4.78, 5) is 28.5. The molecule has 1 fully saturated rings. The molecule has 2 aliphatic heterocycles. The number of hydrogen-bond donors (Lipinski definition) is 0.